The lowest BCUT2D eigenvalue weighted by atomic mass is 10.1. The lowest BCUT2D eigenvalue weighted by Crippen LogP contribution is -2.25. The molecule has 0 aliphatic heterocycles. The van der Waals surface area contributed by atoms with E-state index in [9.17, 15) is 10.2 Å². The molecule has 0 radical (unpaired) electrons. The van der Waals surface area contributed by atoms with Crippen LogP contribution in [0.5, 0.6) is 11.5 Å². The van der Waals surface area contributed by atoms with Crippen molar-refractivity contribution in [1.82, 2.24) is 0 Å². The predicted molar refractivity (Wildman–Crippen MR) is 71.6 cm³/mol. The second-order valence-electron chi connectivity index (χ2n) is 3.38. The molecule has 0 unspecified atom stereocenters. The number of aromatic hydroxyl groups is 2. The summed E-state index contributed by atoms with van der Waals surface area (Å²) in [6.45, 7) is 4.00. The molecule has 1 aromatic carbocycles. The second kappa shape index (κ2) is 5.77. The van der Waals surface area contributed by atoms with Gasteiger partial charge in [-0.1, -0.05) is 13.8 Å². The van der Waals surface area contributed by atoms with Gasteiger partial charge in [0, 0.05) is 16.3 Å². The van der Waals surface area contributed by atoms with Crippen LogP contribution in [0, 0.1) is 0 Å². The van der Waals surface area contributed by atoms with Crippen LogP contribution in [-0.2, 0) is 7.05 Å². The number of hydrogen-bond acceptors (Lipinski definition) is 3. The van der Waals surface area contributed by atoms with Crippen LogP contribution in [0.3, 0.4) is 0 Å². The number of phenols is 2. The Morgan fingerprint density at radius 3 is 2.41 bits per heavy atom. The molecule has 0 fully saturated rings. The highest BCUT2D eigenvalue weighted by Crippen LogP contribution is 2.38. The molecule has 0 aliphatic carbocycles. The quantitative estimate of drug-likeness (QED) is 0.466. The minimum absolute atomic E-state index is 0.0565. The summed E-state index contributed by atoms with van der Waals surface area (Å²) in [5, 5.41) is 20.9. The summed E-state index contributed by atoms with van der Waals surface area (Å²) in [6, 6.07) is 3.52. The smallest absolute Gasteiger partial charge is 0.180 e. The highest BCUT2D eigenvalue weighted by atomic mass is 32.2. The number of thioether (sulfide) groups is 1. The van der Waals surface area contributed by atoms with Crippen LogP contribution < -0.4 is 4.57 Å². The van der Waals surface area contributed by atoms with Crippen LogP contribution in [-0.4, -0.2) is 16.5 Å². The average Bonchev–Trinajstić information content (AvgIpc) is 2.36. The first-order chi connectivity index (χ1) is 8.13. The van der Waals surface area contributed by atoms with Gasteiger partial charge in [-0.25, -0.2) is 4.57 Å². The summed E-state index contributed by atoms with van der Waals surface area (Å²) < 4.78 is 1.84. The Morgan fingerprint density at radius 2 is 1.82 bits per heavy atom. The van der Waals surface area contributed by atoms with E-state index in [1.165, 1.54) is 0 Å². The maximum absolute atomic E-state index is 9.73. The van der Waals surface area contributed by atoms with Crippen molar-refractivity contribution in [2.45, 2.75) is 18.7 Å². The number of hydrogen-bond donors (Lipinski definition) is 2. The molecule has 0 amide bonds. The number of fused-ring (bicyclic) bond motifs is 1. The van der Waals surface area contributed by atoms with Crippen molar-refractivity contribution in [3.05, 3.63) is 24.5 Å². The molecule has 0 aliphatic rings. The molecule has 17 heavy (non-hydrogen) atoms. The molecule has 2 N–H and O–H groups in total. The average molecular weight is 252 g/mol. The van der Waals surface area contributed by atoms with Crippen molar-refractivity contribution in [2.75, 3.05) is 6.26 Å². The summed E-state index contributed by atoms with van der Waals surface area (Å²) in [4.78, 5) is 0.959. The first-order valence-electron chi connectivity index (χ1n) is 5.51. The molecule has 4 heteroatoms. The van der Waals surface area contributed by atoms with E-state index in [0.29, 0.717) is 5.39 Å². The highest BCUT2D eigenvalue weighted by Gasteiger charge is 2.12. The summed E-state index contributed by atoms with van der Waals surface area (Å²) >= 11 is 1.55. The lowest BCUT2D eigenvalue weighted by Gasteiger charge is -2.06. The molecule has 0 saturated heterocycles. The minimum Gasteiger partial charge on any atom is -0.504 e. The van der Waals surface area contributed by atoms with E-state index in [1.54, 1.807) is 24.0 Å². The number of aromatic nitrogens is 1. The number of rotatable bonds is 1. The zero-order valence-corrected chi connectivity index (χ0v) is 11.4. The Labute approximate surface area is 106 Å². The molecule has 0 atom stereocenters. The van der Waals surface area contributed by atoms with Crippen molar-refractivity contribution in [2.24, 2.45) is 7.05 Å². The van der Waals surface area contributed by atoms with Gasteiger partial charge in [-0.15, -0.1) is 11.8 Å². The Balaban J connectivity index is 0.000000686. The standard InChI is InChI=1S/C11H11NO2S.C2H6/c1-12-4-3-7-8(6-12)11(14)9(13)5-10(7)15-2;1-2/h3-6,13H,1-2H3;1-2H3/p+1. The topological polar surface area (TPSA) is 44.3 Å². The van der Waals surface area contributed by atoms with E-state index >= 15 is 0 Å². The van der Waals surface area contributed by atoms with Gasteiger partial charge < -0.3 is 10.2 Å². The first-order valence-corrected chi connectivity index (χ1v) is 6.74. The molecule has 92 valence electrons. The molecular weight excluding hydrogens is 234 g/mol. The van der Waals surface area contributed by atoms with Gasteiger partial charge in [0.2, 0.25) is 0 Å². The van der Waals surface area contributed by atoms with Crippen LogP contribution >= 0.6 is 11.8 Å². The molecule has 0 spiro atoms. The molecule has 0 saturated carbocycles. The lowest BCUT2D eigenvalue weighted by molar-refractivity contribution is -0.670. The SMILES string of the molecule is CC.CSc1cc(O)c(O)c2c[n+](C)ccc12. The maximum Gasteiger partial charge on any atom is 0.180 e. The third-order valence-corrected chi connectivity index (χ3v) is 3.13. The van der Waals surface area contributed by atoms with Gasteiger partial charge in [-0.05, 0) is 12.3 Å². The molecular formula is C13H18NO2S+. The maximum atomic E-state index is 9.73. The molecule has 2 aromatic rings. The van der Waals surface area contributed by atoms with Crippen LogP contribution in [0.2, 0.25) is 0 Å². The normalized spacial score (nSPS) is 9.88. The molecule has 1 heterocycles. The second-order valence-corrected chi connectivity index (χ2v) is 4.23. The number of aryl methyl sites for hydroxylation is 1. The zero-order valence-electron chi connectivity index (χ0n) is 10.6. The van der Waals surface area contributed by atoms with Gasteiger partial charge >= 0.3 is 0 Å². The fourth-order valence-electron chi connectivity index (χ4n) is 1.58. The summed E-state index contributed by atoms with van der Waals surface area (Å²) in [5.41, 5.74) is 0. The van der Waals surface area contributed by atoms with E-state index in [1.807, 2.05) is 44.0 Å². The van der Waals surface area contributed by atoms with Gasteiger partial charge in [0.05, 0.1) is 5.39 Å². The third-order valence-electron chi connectivity index (χ3n) is 2.35. The van der Waals surface area contributed by atoms with Crippen molar-refractivity contribution in [3.63, 3.8) is 0 Å². The molecule has 2 rings (SSSR count). The van der Waals surface area contributed by atoms with Gasteiger partial charge in [0.25, 0.3) is 0 Å². The van der Waals surface area contributed by atoms with Gasteiger partial charge in [-0.3, -0.25) is 0 Å². The van der Waals surface area contributed by atoms with Crippen molar-refractivity contribution in [3.8, 4) is 11.5 Å². The Bertz CT molecular complexity index is 526. The highest BCUT2D eigenvalue weighted by molar-refractivity contribution is 7.98. The van der Waals surface area contributed by atoms with E-state index in [4.69, 9.17) is 0 Å². The fraction of sp³-hybridized carbons (Fsp3) is 0.308. The Morgan fingerprint density at radius 1 is 1.18 bits per heavy atom. The van der Waals surface area contributed by atoms with Crippen molar-refractivity contribution < 1.29 is 14.8 Å². The molecule has 1 aromatic heterocycles. The van der Waals surface area contributed by atoms with E-state index in [2.05, 4.69) is 0 Å². The molecule has 3 nitrogen and oxygen atoms in total. The monoisotopic (exact) mass is 252 g/mol. The van der Waals surface area contributed by atoms with Crippen LogP contribution in [0.1, 0.15) is 13.8 Å². The van der Waals surface area contributed by atoms with Gasteiger partial charge in [0.1, 0.15) is 7.05 Å². The minimum atomic E-state index is -0.0713. The summed E-state index contributed by atoms with van der Waals surface area (Å²) in [6.07, 6.45) is 5.65. The number of nitrogens with zero attached hydrogens (tertiary/aromatic N) is 1. The number of phenolic OH excluding ortho intramolecular Hbond substituents is 2. The predicted octanol–water partition coefficient (Wildman–Crippen LogP) is 2.82. The van der Waals surface area contributed by atoms with Crippen molar-refractivity contribution in [1.29, 1.82) is 0 Å². The first kappa shape index (κ1) is 13.6. The van der Waals surface area contributed by atoms with Crippen LogP contribution in [0.4, 0.5) is 0 Å². The Kier molecular flexibility index (Phi) is 4.63. The number of benzene rings is 1. The van der Waals surface area contributed by atoms with Gasteiger partial charge in [-0.2, -0.15) is 0 Å². The summed E-state index contributed by atoms with van der Waals surface area (Å²) in [5.74, 6) is -0.128. The summed E-state index contributed by atoms with van der Waals surface area (Å²) in [7, 11) is 1.88. The van der Waals surface area contributed by atoms with Crippen LogP contribution in [0.25, 0.3) is 10.8 Å². The van der Waals surface area contributed by atoms with Gasteiger partial charge in [0.15, 0.2) is 23.9 Å². The zero-order chi connectivity index (χ0) is 13.0. The largest absolute Gasteiger partial charge is 0.504 e. The van der Waals surface area contributed by atoms with E-state index in [-0.39, 0.29) is 11.5 Å². The van der Waals surface area contributed by atoms with Crippen molar-refractivity contribution >= 4 is 22.5 Å². The third kappa shape index (κ3) is 2.64. The van der Waals surface area contributed by atoms with E-state index in [0.717, 1.165) is 10.3 Å². The fourth-order valence-corrected chi connectivity index (χ4v) is 2.21. The van der Waals surface area contributed by atoms with E-state index < -0.39 is 0 Å². The van der Waals surface area contributed by atoms with Crippen LogP contribution in [0.15, 0.2) is 29.4 Å². The molecule has 0 bridgehead atoms. The number of pyridine rings is 1. The Hall–Kier alpha value is -1.42.